The van der Waals surface area contributed by atoms with Crippen molar-refractivity contribution in [3.05, 3.63) is 29.8 Å². The monoisotopic (exact) mass is 290 g/mol. The Hall–Kier alpha value is -1.55. The third-order valence-electron chi connectivity index (χ3n) is 4.34. The standard InChI is InChI=1S/C17H26N2O2/c1-2-13-3-7-15(8-4-13)19-16-9-5-14(6-10-16)17(21)18-11-12-20/h5-6,9-10,13,15,19-20H,2-4,7-8,11-12H2,1H3,(H,18,21). The van der Waals surface area contributed by atoms with E-state index in [1.807, 2.05) is 24.3 Å². The van der Waals surface area contributed by atoms with E-state index in [9.17, 15) is 4.79 Å². The number of carbonyl (C=O) groups excluding carboxylic acids is 1. The Kier molecular flexibility index (Phi) is 6.05. The second kappa shape index (κ2) is 8.03. The highest BCUT2D eigenvalue weighted by molar-refractivity contribution is 5.94. The summed E-state index contributed by atoms with van der Waals surface area (Å²) in [7, 11) is 0. The van der Waals surface area contributed by atoms with Crippen molar-refractivity contribution in [3.63, 3.8) is 0 Å². The number of anilines is 1. The predicted molar refractivity (Wildman–Crippen MR) is 85.5 cm³/mol. The van der Waals surface area contributed by atoms with Gasteiger partial charge in [0.2, 0.25) is 0 Å². The smallest absolute Gasteiger partial charge is 0.251 e. The van der Waals surface area contributed by atoms with E-state index in [2.05, 4.69) is 17.6 Å². The van der Waals surface area contributed by atoms with Crippen LogP contribution >= 0.6 is 0 Å². The van der Waals surface area contributed by atoms with E-state index in [0.29, 0.717) is 18.2 Å². The Morgan fingerprint density at radius 3 is 2.43 bits per heavy atom. The Bertz CT molecular complexity index is 437. The molecule has 0 heterocycles. The van der Waals surface area contributed by atoms with Crippen LogP contribution in [-0.4, -0.2) is 30.2 Å². The summed E-state index contributed by atoms with van der Waals surface area (Å²) in [6.45, 7) is 2.53. The van der Waals surface area contributed by atoms with Crippen molar-refractivity contribution in [2.45, 2.75) is 45.1 Å². The SMILES string of the molecule is CCC1CCC(Nc2ccc(C(=O)NCCO)cc2)CC1. The van der Waals surface area contributed by atoms with E-state index in [1.54, 1.807) is 0 Å². The zero-order chi connectivity index (χ0) is 15.1. The van der Waals surface area contributed by atoms with Crippen LogP contribution in [0, 0.1) is 5.92 Å². The summed E-state index contributed by atoms with van der Waals surface area (Å²) in [4.78, 5) is 11.7. The molecule has 0 bridgehead atoms. The van der Waals surface area contributed by atoms with Gasteiger partial charge in [0.15, 0.2) is 0 Å². The Balaban J connectivity index is 1.84. The van der Waals surface area contributed by atoms with E-state index in [-0.39, 0.29) is 12.5 Å². The topological polar surface area (TPSA) is 61.4 Å². The molecule has 0 saturated heterocycles. The van der Waals surface area contributed by atoms with Gasteiger partial charge in [-0.3, -0.25) is 4.79 Å². The lowest BCUT2D eigenvalue weighted by Gasteiger charge is -2.29. The molecule has 116 valence electrons. The van der Waals surface area contributed by atoms with Gasteiger partial charge < -0.3 is 15.7 Å². The van der Waals surface area contributed by atoms with Crippen LogP contribution in [-0.2, 0) is 0 Å². The van der Waals surface area contributed by atoms with Crippen LogP contribution in [0.2, 0.25) is 0 Å². The molecule has 4 heteroatoms. The van der Waals surface area contributed by atoms with Gasteiger partial charge in [-0.2, -0.15) is 0 Å². The molecule has 3 N–H and O–H groups in total. The molecule has 0 atom stereocenters. The van der Waals surface area contributed by atoms with Gasteiger partial charge in [0.1, 0.15) is 0 Å². The summed E-state index contributed by atoms with van der Waals surface area (Å²) in [6.07, 6.45) is 6.39. The average molecular weight is 290 g/mol. The van der Waals surface area contributed by atoms with Crippen molar-refractivity contribution >= 4 is 11.6 Å². The van der Waals surface area contributed by atoms with Gasteiger partial charge in [-0.05, 0) is 55.9 Å². The summed E-state index contributed by atoms with van der Waals surface area (Å²) in [5.41, 5.74) is 1.71. The first-order chi connectivity index (χ1) is 10.2. The lowest BCUT2D eigenvalue weighted by molar-refractivity contribution is 0.0945. The van der Waals surface area contributed by atoms with Crippen LogP contribution in [0.3, 0.4) is 0 Å². The van der Waals surface area contributed by atoms with Gasteiger partial charge >= 0.3 is 0 Å². The predicted octanol–water partition coefficient (Wildman–Crippen LogP) is 2.79. The number of rotatable bonds is 6. The summed E-state index contributed by atoms with van der Waals surface area (Å²) in [6, 6.07) is 8.13. The third kappa shape index (κ3) is 4.74. The summed E-state index contributed by atoms with van der Waals surface area (Å²) in [5, 5.41) is 14.9. The zero-order valence-electron chi connectivity index (χ0n) is 12.8. The van der Waals surface area contributed by atoms with Gasteiger partial charge in [0.05, 0.1) is 6.61 Å². The first-order valence-electron chi connectivity index (χ1n) is 7.98. The Morgan fingerprint density at radius 1 is 1.19 bits per heavy atom. The summed E-state index contributed by atoms with van der Waals surface area (Å²) in [5.74, 6) is 0.764. The van der Waals surface area contributed by atoms with Gasteiger partial charge in [0, 0.05) is 23.8 Å². The Morgan fingerprint density at radius 2 is 1.86 bits per heavy atom. The largest absolute Gasteiger partial charge is 0.395 e. The molecule has 0 radical (unpaired) electrons. The summed E-state index contributed by atoms with van der Waals surface area (Å²) >= 11 is 0. The van der Waals surface area contributed by atoms with E-state index in [1.165, 1.54) is 32.1 Å². The highest BCUT2D eigenvalue weighted by atomic mass is 16.3. The number of carbonyl (C=O) groups is 1. The number of nitrogens with one attached hydrogen (secondary N) is 2. The lowest BCUT2D eigenvalue weighted by atomic mass is 9.84. The molecular weight excluding hydrogens is 264 g/mol. The van der Waals surface area contributed by atoms with Crippen molar-refractivity contribution in [2.24, 2.45) is 5.92 Å². The quantitative estimate of drug-likeness (QED) is 0.755. The molecule has 1 aromatic rings. The average Bonchev–Trinajstić information content (AvgIpc) is 2.54. The fourth-order valence-corrected chi connectivity index (χ4v) is 2.94. The highest BCUT2D eigenvalue weighted by Crippen LogP contribution is 2.28. The molecule has 0 spiro atoms. The maximum Gasteiger partial charge on any atom is 0.251 e. The van der Waals surface area contributed by atoms with Gasteiger partial charge in [-0.25, -0.2) is 0 Å². The van der Waals surface area contributed by atoms with Crippen LogP contribution in [0.15, 0.2) is 24.3 Å². The summed E-state index contributed by atoms with van der Waals surface area (Å²) < 4.78 is 0. The fraction of sp³-hybridized carbons (Fsp3) is 0.588. The van der Waals surface area contributed by atoms with Gasteiger partial charge in [0.25, 0.3) is 5.91 Å². The number of amides is 1. The van der Waals surface area contributed by atoms with Crippen molar-refractivity contribution in [2.75, 3.05) is 18.5 Å². The normalized spacial score (nSPS) is 21.8. The molecular formula is C17H26N2O2. The van der Waals surface area contributed by atoms with Gasteiger partial charge in [-0.1, -0.05) is 13.3 Å². The Labute approximate surface area is 126 Å². The van der Waals surface area contributed by atoms with E-state index in [0.717, 1.165) is 11.6 Å². The molecule has 21 heavy (non-hydrogen) atoms. The van der Waals surface area contributed by atoms with Crippen LogP contribution in [0.5, 0.6) is 0 Å². The number of aliphatic hydroxyl groups excluding tert-OH is 1. The highest BCUT2D eigenvalue weighted by Gasteiger charge is 2.19. The first-order valence-corrected chi connectivity index (χ1v) is 7.98. The minimum atomic E-state index is -0.140. The van der Waals surface area contributed by atoms with Crippen LogP contribution in [0.25, 0.3) is 0 Å². The maximum atomic E-state index is 11.7. The molecule has 4 nitrogen and oxygen atoms in total. The number of benzene rings is 1. The molecule has 1 amide bonds. The third-order valence-corrected chi connectivity index (χ3v) is 4.34. The van der Waals surface area contributed by atoms with Crippen molar-refractivity contribution in [1.29, 1.82) is 0 Å². The molecule has 2 rings (SSSR count). The minimum absolute atomic E-state index is 0.0359. The van der Waals surface area contributed by atoms with Gasteiger partial charge in [-0.15, -0.1) is 0 Å². The number of hydrogen-bond acceptors (Lipinski definition) is 3. The van der Waals surface area contributed by atoms with Crippen molar-refractivity contribution < 1.29 is 9.90 Å². The number of hydrogen-bond donors (Lipinski definition) is 3. The molecule has 0 aromatic heterocycles. The second-order valence-corrected chi connectivity index (χ2v) is 5.83. The molecule has 0 aliphatic heterocycles. The molecule has 0 unspecified atom stereocenters. The first kappa shape index (κ1) is 15.8. The minimum Gasteiger partial charge on any atom is -0.395 e. The van der Waals surface area contributed by atoms with E-state index >= 15 is 0 Å². The van der Waals surface area contributed by atoms with E-state index in [4.69, 9.17) is 5.11 Å². The lowest BCUT2D eigenvalue weighted by Crippen LogP contribution is -2.27. The molecule has 1 aliphatic rings. The molecule has 1 aliphatic carbocycles. The fourth-order valence-electron chi connectivity index (χ4n) is 2.94. The van der Waals surface area contributed by atoms with Crippen LogP contribution in [0.1, 0.15) is 49.4 Å². The van der Waals surface area contributed by atoms with Crippen molar-refractivity contribution in [1.82, 2.24) is 5.32 Å². The van der Waals surface area contributed by atoms with Crippen LogP contribution < -0.4 is 10.6 Å². The molecule has 1 saturated carbocycles. The zero-order valence-corrected chi connectivity index (χ0v) is 12.8. The number of aliphatic hydroxyl groups is 1. The van der Waals surface area contributed by atoms with Crippen LogP contribution in [0.4, 0.5) is 5.69 Å². The van der Waals surface area contributed by atoms with Crippen molar-refractivity contribution in [3.8, 4) is 0 Å². The molecule has 1 aromatic carbocycles. The molecule has 1 fully saturated rings. The maximum absolute atomic E-state index is 11.7. The van der Waals surface area contributed by atoms with E-state index < -0.39 is 0 Å². The second-order valence-electron chi connectivity index (χ2n) is 5.83.